The van der Waals surface area contributed by atoms with Gasteiger partial charge in [-0.1, -0.05) is 18.2 Å². The topological polar surface area (TPSA) is 38.9 Å². The number of hydrogen-bond acceptors (Lipinski definition) is 3. The molecule has 1 heterocycles. The molecule has 0 aliphatic rings. The van der Waals surface area contributed by atoms with E-state index in [9.17, 15) is 0 Å². The van der Waals surface area contributed by atoms with Gasteiger partial charge >= 0.3 is 0 Å². The van der Waals surface area contributed by atoms with Crippen molar-refractivity contribution in [2.75, 3.05) is 0 Å². The van der Waals surface area contributed by atoms with E-state index in [1.807, 2.05) is 12.3 Å². The average molecular weight is 244 g/mol. The summed E-state index contributed by atoms with van der Waals surface area (Å²) in [5, 5.41) is 0. The Morgan fingerprint density at radius 1 is 1.24 bits per heavy atom. The van der Waals surface area contributed by atoms with Crippen molar-refractivity contribution in [2.24, 2.45) is 5.73 Å². The molecule has 0 unspecified atom stereocenters. The number of benzene rings is 1. The molecule has 2 nitrogen and oxygen atoms in total. The molecule has 0 radical (unpaired) electrons. The highest BCUT2D eigenvalue weighted by atomic mass is 32.2. The third-order valence-electron chi connectivity index (χ3n) is 2.63. The summed E-state index contributed by atoms with van der Waals surface area (Å²) in [4.78, 5) is 5.64. The van der Waals surface area contributed by atoms with Gasteiger partial charge < -0.3 is 5.73 Å². The van der Waals surface area contributed by atoms with Crippen molar-refractivity contribution in [1.82, 2.24) is 4.98 Å². The first-order valence-corrected chi connectivity index (χ1v) is 6.60. The fourth-order valence-corrected chi connectivity index (χ4v) is 2.60. The van der Waals surface area contributed by atoms with Crippen LogP contribution >= 0.6 is 11.8 Å². The van der Waals surface area contributed by atoms with Crippen LogP contribution in [0.15, 0.2) is 47.5 Å². The lowest BCUT2D eigenvalue weighted by molar-refractivity contribution is 1.06. The van der Waals surface area contributed by atoms with Crippen molar-refractivity contribution >= 4 is 11.8 Å². The van der Waals surface area contributed by atoms with Gasteiger partial charge in [0.1, 0.15) is 0 Å². The maximum absolute atomic E-state index is 5.63. The predicted octanol–water partition coefficient (Wildman–Crippen LogP) is 3.14. The van der Waals surface area contributed by atoms with E-state index in [4.69, 9.17) is 5.73 Å². The van der Waals surface area contributed by atoms with Crippen LogP contribution in [0.4, 0.5) is 0 Å². The Hall–Kier alpha value is -1.32. The minimum Gasteiger partial charge on any atom is -0.326 e. The second-order valence-electron chi connectivity index (χ2n) is 3.91. The lowest BCUT2D eigenvalue weighted by Crippen LogP contribution is -1.95. The summed E-state index contributed by atoms with van der Waals surface area (Å²) in [6.07, 6.45) is 1.85. The van der Waals surface area contributed by atoms with E-state index in [0.717, 1.165) is 11.4 Å². The first-order valence-electron chi connectivity index (χ1n) is 5.62. The molecular weight excluding hydrogens is 228 g/mol. The summed E-state index contributed by atoms with van der Waals surface area (Å²) in [5.74, 6) is 0.903. The largest absolute Gasteiger partial charge is 0.326 e. The number of aryl methyl sites for hydroxylation is 1. The van der Waals surface area contributed by atoms with Crippen molar-refractivity contribution in [3.8, 4) is 0 Å². The molecule has 3 heteroatoms. The molecule has 0 atom stereocenters. The predicted molar refractivity (Wildman–Crippen MR) is 72.9 cm³/mol. The van der Waals surface area contributed by atoms with Gasteiger partial charge in [0.15, 0.2) is 0 Å². The molecule has 0 amide bonds. The summed E-state index contributed by atoms with van der Waals surface area (Å²) in [6, 6.07) is 12.4. The van der Waals surface area contributed by atoms with E-state index in [1.165, 1.54) is 16.0 Å². The molecule has 0 saturated carbocycles. The van der Waals surface area contributed by atoms with Crippen molar-refractivity contribution in [3.05, 3.63) is 59.4 Å². The van der Waals surface area contributed by atoms with Crippen LogP contribution < -0.4 is 5.73 Å². The van der Waals surface area contributed by atoms with Crippen molar-refractivity contribution < 1.29 is 0 Å². The molecule has 17 heavy (non-hydrogen) atoms. The standard InChI is InChI=1S/C14H16N2S/c1-11-4-3-7-16-14(11)10-17-13-6-2-5-12(8-13)9-15/h2-8H,9-10,15H2,1H3. The van der Waals surface area contributed by atoms with Crippen molar-refractivity contribution in [3.63, 3.8) is 0 Å². The molecule has 0 spiro atoms. The molecular formula is C14H16N2S. The normalized spacial score (nSPS) is 10.5. The number of nitrogens with two attached hydrogens (primary N) is 1. The average Bonchev–Trinajstić information content (AvgIpc) is 2.38. The number of pyridine rings is 1. The van der Waals surface area contributed by atoms with Gasteiger partial charge in [0.25, 0.3) is 0 Å². The lowest BCUT2D eigenvalue weighted by atomic mass is 10.2. The molecule has 2 rings (SSSR count). The Balaban J connectivity index is 2.05. The molecule has 2 N–H and O–H groups in total. The molecule has 1 aromatic carbocycles. The summed E-state index contributed by atoms with van der Waals surface area (Å²) >= 11 is 1.80. The van der Waals surface area contributed by atoms with Crippen molar-refractivity contribution in [2.45, 2.75) is 24.1 Å². The highest BCUT2D eigenvalue weighted by Crippen LogP contribution is 2.23. The van der Waals surface area contributed by atoms with E-state index in [-0.39, 0.29) is 0 Å². The summed E-state index contributed by atoms with van der Waals surface area (Å²) in [7, 11) is 0. The Bertz CT molecular complexity index is 497. The van der Waals surface area contributed by atoms with Gasteiger partial charge in [-0.25, -0.2) is 0 Å². The molecule has 0 saturated heterocycles. The molecule has 2 aromatic rings. The van der Waals surface area contributed by atoms with Gasteiger partial charge in [0.05, 0.1) is 5.69 Å². The van der Waals surface area contributed by atoms with Crippen LogP contribution in [0.1, 0.15) is 16.8 Å². The Kier molecular flexibility index (Phi) is 4.18. The number of aromatic nitrogens is 1. The van der Waals surface area contributed by atoms with Crippen LogP contribution in [0.5, 0.6) is 0 Å². The Morgan fingerprint density at radius 3 is 2.88 bits per heavy atom. The monoisotopic (exact) mass is 244 g/mol. The Labute approximate surface area is 106 Å². The van der Waals surface area contributed by atoms with E-state index in [1.54, 1.807) is 11.8 Å². The van der Waals surface area contributed by atoms with E-state index in [2.05, 4.69) is 42.2 Å². The zero-order valence-electron chi connectivity index (χ0n) is 9.89. The molecule has 1 aromatic heterocycles. The number of rotatable bonds is 4. The number of nitrogens with zero attached hydrogens (tertiary/aromatic N) is 1. The molecule has 0 aliphatic carbocycles. The van der Waals surface area contributed by atoms with E-state index in [0.29, 0.717) is 6.54 Å². The summed E-state index contributed by atoms with van der Waals surface area (Å²) in [6.45, 7) is 2.69. The maximum atomic E-state index is 5.63. The summed E-state index contributed by atoms with van der Waals surface area (Å²) < 4.78 is 0. The lowest BCUT2D eigenvalue weighted by Gasteiger charge is -2.05. The molecule has 0 bridgehead atoms. The highest BCUT2D eigenvalue weighted by Gasteiger charge is 2.01. The van der Waals surface area contributed by atoms with Gasteiger partial charge in [-0.15, -0.1) is 11.8 Å². The SMILES string of the molecule is Cc1cccnc1CSc1cccc(CN)c1. The minimum atomic E-state index is 0.594. The zero-order chi connectivity index (χ0) is 12.1. The first kappa shape index (κ1) is 12.1. The fourth-order valence-electron chi connectivity index (χ4n) is 1.58. The maximum Gasteiger partial charge on any atom is 0.0535 e. The van der Waals surface area contributed by atoms with Crippen molar-refractivity contribution in [1.29, 1.82) is 0 Å². The van der Waals surface area contributed by atoms with Crippen LogP contribution in [0.25, 0.3) is 0 Å². The van der Waals surface area contributed by atoms with Crippen LogP contribution in [0.2, 0.25) is 0 Å². The number of hydrogen-bond donors (Lipinski definition) is 1. The van der Waals surface area contributed by atoms with Crippen LogP contribution in [0.3, 0.4) is 0 Å². The van der Waals surface area contributed by atoms with Crippen LogP contribution in [0, 0.1) is 6.92 Å². The third-order valence-corrected chi connectivity index (χ3v) is 3.63. The second-order valence-corrected chi connectivity index (χ2v) is 4.96. The van der Waals surface area contributed by atoms with Gasteiger partial charge in [-0.05, 0) is 36.2 Å². The molecule has 0 fully saturated rings. The summed E-state index contributed by atoms with van der Waals surface area (Å²) in [5.41, 5.74) is 9.20. The highest BCUT2D eigenvalue weighted by molar-refractivity contribution is 7.98. The minimum absolute atomic E-state index is 0.594. The zero-order valence-corrected chi connectivity index (χ0v) is 10.7. The van der Waals surface area contributed by atoms with Gasteiger partial charge in [-0.2, -0.15) is 0 Å². The molecule has 0 aliphatic heterocycles. The van der Waals surface area contributed by atoms with Gasteiger partial charge in [0.2, 0.25) is 0 Å². The van der Waals surface area contributed by atoms with Gasteiger partial charge in [-0.3, -0.25) is 4.98 Å². The first-order chi connectivity index (χ1) is 8.29. The molecule has 88 valence electrons. The van der Waals surface area contributed by atoms with E-state index >= 15 is 0 Å². The quantitative estimate of drug-likeness (QED) is 0.840. The smallest absolute Gasteiger partial charge is 0.0535 e. The third kappa shape index (κ3) is 3.32. The van der Waals surface area contributed by atoms with E-state index < -0.39 is 0 Å². The second kappa shape index (κ2) is 5.84. The van der Waals surface area contributed by atoms with Crippen LogP contribution in [-0.4, -0.2) is 4.98 Å². The Morgan fingerprint density at radius 2 is 2.12 bits per heavy atom. The fraction of sp³-hybridized carbons (Fsp3) is 0.214. The number of thioether (sulfide) groups is 1. The van der Waals surface area contributed by atoms with Gasteiger partial charge in [0, 0.05) is 23.4 Å². The van der Waals surface area contributed by atoms with Crippen LogP contribution in [-0.2, 0) is 12.3 Å².